The van der Waals surface area contributed by atoms with Gasteiger partial charge in [-0.25, -0.2) is 4.98 Å². The second-order valence-electron chi connectivity index (χ2n) is 8.18. The van der Waals surface area contributed by atoms with Crippen molar-refractivity contribution in [3.05, 3.63) is 76.6 Å². The first-order chi connectivity index (χ1) is 16.0. The Bertz CT molecular complexity index is 1170. The summed E-state index contributed by atoms with van der Waals surface area (Å²) in [6.45, 7) is 7.70. The SMILES string of the molecule is Cc1cnc(-c2cc(N3CCN4CC(c5ccccc5)N=C4C3)ncc2Cl)c(C)c1.NC=O. The number of carbonyl (C=O) groups is 1. The Hall–Kier alpha value is -3.45. The van der Waals surface area contributed by atoms with E-state index in [-0.39, 0.29) is 12.5 Å². The molecule has 0 saturated carbocycles. The van der Waals surface area contributed by atoms with Gasteiger partial charge in [0.15, 0.2) is 0 Å². The smallest absolute Gasteiger partial charge is 0.204 e. The average Bonchev–Trinajstić information content (AvgIpc) is 3.24. The summed E-state index contributed by atoms with van der Waals surface area (Å²) in [5, 5.41) is 0.624. The van der Waals surface area contributed by atoms with Crippen LogP contribution in [0.5, 0.6) is 0 Å². The third-order valence-corrected chi connectivity index (χ3v) is 6.16. The van der Waals surface area contributed by atoms with Crippen molar-refractivity contribution in [3.63, 3.8) is 0 Å². The molecule has 0 bridgehead atoms. The molecule has 0 spiro atoms. The lowest BCUT2D eigenvalue weighted by Gasteiger charge is -2.35. The molecule has 33 heavy (non-hydrogen) atoms. The van der Waals surface area contributed by atoms with Crippen molar-refractivity contribution in [3.8, 4) is 11.3 Å². The van der Waals surface area contributed by atoms with Crippen LogP contribution < -0.4 is 10.6 Å². The van der Waals surface area contributed by atoms with Crippen LogP contribution in [-0.2, 0) is 4.79 Å². The molecular formula is C25H27ClN6O. The van der Waals surface area contributed by atoms with Gasteiger partial charge in [-0.15, -0.1) is 0 Å². The zero-order valence-corrected chi connectivity index (χ0v) is 19.5. The van der Waals surface area contributed by atoms with E-state index in [1.807, 2.05) is 13.1 Å². The molecule has 1 aromatic carbocycles. The van der Waals surface area contributed by atoms with Gasteiger partial charge in [-0.2, -0.15) is 0 Å². The summed E-state index contributed by atoms with van der Waals surface area (Å²) in [7, 11) is 0. The number of hydrogen-bond donors (Lipinski definition) is 1. The van der Waals surface area contributed by atoms with Crippen LogP contribution in [0, 0.1) is 13.8 Å². The fourth-order valence-electron chi connectivity index (χ4n) is 4.30. The molecule has 2 aliphatic heterocycles. The summed E-state index contributed by atoms with van der Waals surface area (Å²) in [5.41, 5.74) is 9.54. The highest BCUT2D eigenvalue weighted by molar-refractivity contribution is 6.33. The van der Waals surface area contributed by atoms with E-state index in [9.17, 15) is 0 Å². The number of aromatic nitrogens is 2. The number of anilines is 1. The van der Waals surface area contributed by atoms with Crippen molar-refractivity contribution in [1.29, 1.82) is 0 Å². The van der Waals surface area contributed by atoms with Gasteiger partial charge in [-0.1, -0.05) is 48.0 Å². The molecule has 3 aromatic rings. The maximum atomic E-state index is 8.58. The van der Waals surface area contributed by atoms with Gasteiger partial charge in [0.25, 0.3) is 0 Å². The van der Waals surface area contributed by atoms with Gasteiger partial charge < -0.3 is 15.5 Å². The third-order valence-electron chi connectivity index (χ3n) is 5.85. The van der Waals surface area contributed by atoms with Gasteiger partial charge in [-0.05, 0) is 36.6 Å². The summed E-state index contributed by atoms with van der Waals surface area (Å²) < 4.78 is 0. The van der Waals surface area contributed by atoms with Crippen LogP contribution in [0.4, 0.5) is 5.82 Å². The first-order valence-corrected chi connectivity index (χ1v) is 11.2. The molecule has 1 atom stereocenters. The molecule has 4 heterocycles. The van der Waals surface area contributed by atoms with Gasteiger partial charge in [-0.3, -0.25) is 14.8 Å². The Kier molecular flexibility index (Phi) is 6.89. The van der Waals surface area contributed by atoms with Crippen LogP contribution in [0.1, 0.15) is 22.7 Å². The quantitative estimate of drug-likeness (QED) is 0.598. The number of piperazine rings is 1. The topological polar surface area (TPSA) is 87.7 Å². The highest BCUT2D eigenvalue weighted by atomic mass is 35.5. The normalized spacial score (nSPS) is 17.1. The lowest BCUT2D eigenvalue weighted by atomic mass is 10.1. The Balaban J connectivity index is 0.000000821. The number of rotatable bonds is 3. The molecule has 0 radical (unpaired) electrons. The van der Waals surface area contributed by atoms with Crippen molar-refractivity contribution in [2.75, 3.05) is 31.1 Å². The van der Waals surface area contributed by atoms with Crippen molar-refractivity contribution in [1.82, 2.24) is 14.9 Å². The van der Waals surface area contributed by atoms with E-state index in [1.165, 1.54) is 5.56 Å². The number of amidine groups is 1. The molecule has 1 unspecified atom stereocenters. The van der Waals surface area contributed by atoms with E-state index >= 15 is 0 Å². The lowest BCUT2D eigenvalue weighted by Crippen LogP contribution is -2.49. The van der Waals surface area contributed by atoms with Crippen LogP contribution in [-0.4, -0.2) is 53.3 Å². The summed E-state index contributed by atoms with van der Waals surface area (Å²) in [4.78, 5) is 27.5. The van der Waals surface area contributed by atoms with Crippen LogP contribution >= 0.6 is 11.6 Å². The fourth-order valence-corrected chi connectivity index (χ4v) is 4.49. The van der Waals surface area contributed by atoms with Gasteiger partial charge in [0.05, 0.1) is 23.3 Å². The first kappa shape index (κ1) is 22.7. The molecule has 1 fully saturated rings. The van der Waals surface area contributed by atoms with E-state index in [2.05, 4.69) is 74.9 Å². The minimum atomic E-state index is 0.217. The van der Waals surface area contributed by atoms with Crippen molar-refractivity contribution >= 4 is 29.7 Å². The zero-order chi connectivity index (χ0) is 23.4. The number of hydrogen-bond acceptors (Lipinski definition) is 6. The number of nitrogens with two attached hydrogens (primary N) is 1. The van der Waals surface area contributed by atoms with E-state index < -0.39 is 0 Å². The molecule has 5 rings (SSSR count). The second kappa shape index (κ2) is 10.0. The average molecular weight is 463 g/mol. The lowest BCUT2D eigenvalue weighted by molar-refractivity contribution is -0.106. The molecule has 0 aliphatic carbocycles. The van der Waals surface area contributed by atoms with Crippen LogP contribution in [0.25, 0.3) is 11.3 Å². The molecule has 2 N–H and O–H groups in total. The van der Waals surface area contributed by atoms with Gasteiger partial charge in [0, 0.05) is 37.6 Å². The number of primary amides is 1. The van der Waals surface area contributed by atoms with Crippen LogP contribution in [0.2, 0.25) is 5.02 Å². The predicted molar refractivity (Wildman–Crippen MR) is 133 cm³/mol. The predicted octanol–water partition coefficient (Wildman–Crippen LogP) is 3.79. The van der Waals surface area contributed by atoms with Crippen molar-refractivity contribution in [2.24, 2.45) is 10.7 Å². The minimum absolute atomic E-state index is 0.217. The molecule has 2 aliphatic rings. The van der Waals surface area contributed by atoms with Crippen molar-refractivity contribution in [2.45, 2.75) is 19.9 Å². The molecule has 1 amide bonds. The number of carbonyl (C=O) groups excluding carboxylic acids is 1. The Morgan fingerprint density at radius 3 is 2.52 bits per heavy atom. The maximum Gasteiger partial charge on any atom is 0.204 e. The van der Waals surface area contributed by atoms with Crippen molar-refractivity contribution < 1.29 is 4.79 Å². The van der Waals surface area contributed by atoms with E-state index in [0.29, 0.717) is 5.02 Å². The Labute approximate surface area is 198 Å². The zero-order valence-electron chi connectivity index (χ0n) is 18.8. The summed E-state index contributed by atoms with van der Waals surface area (Å²) in [6, 6.07) is 15.0. The molecule has 8 heteroatoms. The third kappa shape index (κ3) is 4.98. The highest BCUT2D eigenvalue weighted by Crippen LogP contribution is 2.33. The molecule has 7 nitrogen and oxygen atoms in total. The number of benzene rings is 1. The van der Waals surface area contributed by atoms with Gasteiger partial charge in [0.2, 0.25) is 6.41 Å². The Morgan fingerprint density at radius 1 is 1.06 bits per heavy atom. The van der Waals surface area contributed by atoms with E-state index in [4.69, 9.17) is 21.4 Å². The van der Waals surface area contributed by atoms with Gasteiger partial charge >= 0.3 is 0 Å². The summed E-state index contributed by atoms with van der Waals surface area (Å²) in [5.74, 6) is 2.06. The summed E-state index contributed by atoms with van der Waals surface area (Å²) >= 11 is 6.50. The minimum Gasteiger partial charge on any atom is -0.372 e. The number of fused-ring (bicyclic) bond motifs is 1. The standard InChI is InChI=1S/C24H24ClN5.CH3NO/c1-16-10-17(2)24(27-12-16)19-11-22(26-13-20(19)25)30-9-8-29-14-21(28-23(29)15-30)18-6-4-3-5-7-18;2-1-3/h3-7,10-13,21H,8-9,14-15H2,1-2H3;1H,(H2,2,3). The number of aryl methyl sites for hydroxylation is 2. The molecule has 1 saturated heterocycles. The molecular weight excluding hydrogens is 436 g/mol. The number of nitrogens with zero attached hydrogens (tertiary/aromatic N) is 5. The van der Waals surface area contributed by atoms with Gasteiger partial charge in [0.1, 0.15) is 11.7 Å². The molecule has 170 valence electrons. The van der Waals surface area contributed by atoms with Crippen LogP contribution in [0.15, 0.2) is 59.9 Å². The number of aliphatic imine (C=N–C) groups is 1. The van der Waals surface area contributed by atoms with Crippen LogP contribution in [0.3, 0.4) is 0 Å². The monoisotopic (exact) mass is 462 g/mol. The number of halogens is 1. The van der Waals surface area contributed by atoms with E-state index in [0.717, 1.165) is 60.2 Å². The maximum absolute atomic E-state index is 8.58. The highest BCUT2D eigenvalue weighted by Gasteiger charge is 2.31. The second-order valence-corrected chi connectivity index (χ2v) is 8.58. The summed E-state index contributed by atoms with van der Waals surface area (Å²) in [6.07, 6.45) is 3.87. The fraction of sp³-hybridized carbons (Fsp3) is 0.280. The number of amides is 1. The number of pyridine rings is 2. The largest absolute Gasteiger partial charge is 0.372 e. The Morgan fingerprint density at radius 2 is 1.79 bits per heavy atom. The van der Waals surface area contributed by atoms with E-state index in [1.54, 1.807) is 6.20 Å². The first-order valence-electron chi connectivity index (χ1n) is 10.9. The molecule has 2 aromatic heterocycles.